The van der Waals surface area contributed by atoms with Gasteiger partial charge in [0.1, 0.15) is 12.0 Å². The lowest BCUT2D eigenvalue weighted by molar-refractivity contribution is -0.000549. The van der Waals surface area contributed by atoms with Crippen molar-refractivity contribution < 1.29 is 9.90 Å². The normalized spacial score (nSPS) is 28.0. The van der Waals surface area contributed by atoms with Crippen LogP contribution in [0.15, 0.2) is 17.8 Å². The SMILES string of the molecule is O=C(c1ncnc2ccsc12)N1CCC[C@@]2(CO)CCC[C@@H]12. The Balaban J connectivity index is 1.72. The summed E-state index contributed by atoms with van der Waals surface area (Å²) in [5, 5.41) is 11.8. The maximum atomic E-state index is 13.1. The van der Waals surface area contributed by atoms with E-state index in [2.05, 4.69) is 9.97 Å². The molecule has 0 radical (unpaired) electrons. The minimum atomic E-state index is -0.0878. The van der Waals surface area contributed by atoms with Crippen LogP contribution in [0.1, 0.15) is 42.6 Å². The van der Waals surface area contributed by atoms with E-state index in [0.717, 1.165) is 48.9 Å². The number of aliphatic hydroxyl groups excluding tert-OH is 1. The molecule has 1 N–H and O–H groups in total. The summed E-state index contributed by atoms with van der Waals surface area (Å²) in [6, 6.07) is 2.08. The molecule has 2 aliphatic rings. The molecular weight excluding hydrogens is 298 g/mol. The molecule has 2 fully saturated rings. The highest BCUT2D eigenvalue weighted by Crippen LogP contribution is 2.47. The third-order valence-corrected chi connectivity index (χ3v) is 6.24. The van der Waals surface area contributed by atoms with Crippen LogP contribution >= 0.6 is 11.3 Å². The zero-order chi connectivity index (χ0) is 15.2. The maximum Gasteiger partial charge on any atom is 0.274 e. The van der Waals surface area contributed by atoms with Crippen LogP contribution in [0.5, 0.6) is 0 Å². The van der Waals surface area contributed by atoms with Gasteiger partial charge in [-0.15, -0.1) is 11.3 Å². The molecule has 6 heteroatoms. The molecule has 1 saturated heterocycles. The minimum Gasteiger partial charge on any atom is -0.396 e. The first kappa shape index (κ1) is 14.1. The second-order valence-electron chi connectivity index (χ2n) is 6.39. The van der Waals surface area contributed by atoms with Crippen LogP contribution in [0.3, 0.4) is 0 Å². The van der Waals surface area contributed by atoms with Crippen LogP contribution in [0.4, 0.5) is 0 Å². The van der Waals surface area contributed by atoms with E-state index in [1.807, 2.05) is 16.3 Å². The molecule has 2 atom stereocenters. The van der Waals surface area contributed by atoms with Gasteiger partial charge in [0.2, 0.25) is 0 Å². The van der Waals surface area contributed by atoms with E-state index in [-0.39, 0.29) is 24.0 Å². The van der Waals surface area contributed by atoms with Crippen molar-refractivity contribution in [1.29, 1.82) is 0 Å². The molecule has 0 aromatic carbocycles. The fourth-order valence-electron chi connectivity index (χ4n) is 4.24. The predicted octanol–water partition coefficient (Wildman–Crippen LogP) is 2.46. The zero-order valence-electron chi connectivity index (χ0n) is 12.4. The van der Waals surface area contributed by atoms with Gasteiger partial charge in [-0.05, 0) is 37.1 Å². The molecule has 0 unspecified atom stereocenters. The second kappa shape index (κ2) is 5.28. The van der Waals surface area contributed by atoms with Gasteiger partial charge in [-0.1, -0.05) is 6.42 Å². The number of hydrogen-bond donors (Lipinski definition) is 1. The van der Waals surface area contributed by atoms with Crippen LogP contribution in [-0.4, -0.2) is 45.1 Å². The Morgan fingerprint density at radius 3 is 3.14 bits per heavy atom. The molecule has 1 saturated carbocycles. The largest absolute Gasteiger partial charge is 0.396 e. The monoisotopic (exact) mass is 317 g/mol. The van der Waals surface area contributed by atoms with Gasteiger partial charge in [-0.25, -0.2) is 9.97 Å². The summed E-state index contributed by atoms with van der Waals surface area (Å²) in [5.41, 5.74) is 1.26. The fraction of sp³-hybridized carbons (Fsp3) is 0.562. The Morgan fingerprint density at radius 2 is 2.27 bits per heavy atom. The van der Waals surface area contributed by atoms with Crippen LogP contribution in [-0.2, 0) is 0 Å². The van der Waals surface area contributed by atoms with Gasteiger partial charge in [-0.3, -0.25) is 4.79 Å². The Labute approximate surface area is 133 Å². The molecule has 0 spiro atoms. The molecule has 2 aromatic heterocycles. The summed E-state index contributed by atoms with van der Waals surface area (Å²) in [5.74, 6) is -0.000671. The van der Waals surface area contributed by atoms with E-state index in [9.17, 15) is 9.90 Å². The third-order valence-electron chi connectivity index (χ3n) is 5.33. The average molecular weight is 317 g/mol. The number of aliphatic hydroxyl groups is 1. The average Bonchev–Trinajstić information content (AvgIpc) is 3.20. The molecule has 22 heavy (non-hydrogen) atoms. The van der Waals surface area contributed by atoms with Gasteiger partial charge >= 0.3 is 0 Å². The summed E-state index contributed by atoms with van der Waals surface area (Å²) in [6.45, 7) is 0.946. The van der Waals surface area contributed by atoms with Gasteiger partial charge in [0.25, 0.3) is 5.91 Å². The standard InChI is InChI=1S/C16H19N3O2S/c20-9-16-5-1-3-12(16)19(7-2-6-16)15(21)13-14-11(4-8-22-14)17-10-18-13/h4,8,10,12,20H,1-3,5-7,9H2/t12-,16-/m1/s1. The van der Waals surface area contributed by atoms with E-state index in [4.69, 9.17) is 0 Å². The lowest BCUT2D eigenvalue weighted by Gasteiger charge is -2.45. The molecule has 4 rings (SSSR count). The highest BCUT2D eigenvalue weighted by molar-refractivity contribution is 7.17. The minimum absolute atomic E-state index is 0.000671. The van der Waals surface area contributed by atoms with Crippen molar-refractivity contribution in [1.82, 2.24) is 14.9 Å². The molecule has 1 aliphatic carbocycles. The summed E-state index contributed by atoms with van der Waals surface area (Å²) in [4.78, 5) is 23.5. The first-order chi connectivity index (χ1) is 10.7. The summed E-state index contributed by atoms with van der Waals surface area (Å²) < 4.78 is 0.866. The highest BCUT2D eigenvalue weighted by Gasteiger charge is 2.49. The van der Waals surface area contributed by atoms with Crippen molar-refractivity contribution in [2.24, 2.45) is 5.41 Å². The number of carbonyl (C=O) groups is 1. The van der Waals surface area contributed by atoms with Gasteiger partial charge in [-0.2, -0.15) is 0 Å². The molecule has 2 aromatic rings. The third kappa shape index (κ3) is 1.97. The second-order valence-corrected chi connectivity index (χ2v) is 7.30. The number of piperidine rings is 1. The number of likely N-dealkylation sites (tertiary alicyclic amines) is 1. The van der Waals surface area contributed by atoms with E-state index in [1.165, 1.54) is 17.7 Å². The smallest absolute Gasteiger partial charge is 0.274 e. The topological polar surface area (TPSA) is 66.3 Å². The highest BCUT2D eigenvalue weighted by atomic mass is 32.1. The maximum absolute atomic E-state index is 13.1. The van der Waals surface area contributed by atoms with Gasteiger partial charge in [0.05, 0.1) is 16.8 Å². The van der Waals surface area contributed by atoms with Gasteiger partial charge in [0.15, 0.2) is 0 Å². The van der Waals surface area contributed by atoms with Crippen molar-refractivity contribution in [2.45, 2.75) is 38.1 Å². The summed E-state index contributed by atoms with van der Waals surface area (Å²) in [6.07, 6.45) is 6.56. The van der Waals surface area contributed by atoms with Crippen LogP contribution in [0.25, 0.3) is 10.2 Å². The van der Waals surface area contributed by atoms with E-state index < -0.39 is 0 Å². The Bertz CT molecular complexity index is 716. The van der Waals surface area contributed by atoms with Crippen molar-refractivity contribution in [2.75, 3.05) is 13.2 Å². The molecule has 0 bridgehead atoms. The van der Waals surface area contributed by atoms with Crippen molar-refractivity contribution in [3.63, 3.8) is 0 Å². The molecule has 116 valence electrons. The van der Waals surface area contributed by atoms with E-state index in [0.29, 0.717) is 5.69 Å². The van der Waals surface area contributed by atoms with E-state index in [1.54, 1.807) is 0 Å². The first-order valence-electron chi connectivity index (χ1n) is 7.85. The predicted molar refractivity (Wildman–Crippen MR) is 84.8 cm³/mol. The fourth-order valence-corrected chi connectivity index (χ4v) is 5.07. The quantitative estimate of drug-likeness (QED) is 0.924. The summed E-state index contributed by atoms with van der Waals surface area (Å²) >= 11 is 1.51. The van der Waals surface area contributed by atoms with Gasteiger partial charge in [0, 0.05) is 18.0 Å². The molecule has 5 nitrogen and oxygen atoms in total. The Hall–Kier alpha value is -1.53. The van der Waals surface area contributed by atoms with E-state index >= 15 is 0 Å². The van der Waals surface area contributed by atoms with Gasteiger partial charge < -0.3 is 10.0 Å². The molecule has 1 aliphatic heterocycles. The number of amides is 1. The lowest BCUT2D eigenvalue weighted by atomic mass is 9.75. The Morgan fingerprint density at radius 1 is 1.41 bits per heavy atom. The molecular formula is C16H19N3O2S. The number of aromatic nitrogens is 2. The first-order valence-corrected chi connectivity index (χ1v) is 8.73. The Kier molecular flexibility index (Phi) is 3.38. The summed E-state index contributed by atoms with van der Waals surface area (Å²) in [7, 11) is 0. The number of fused-ring (bicyclic) bond motifs is 2. The van der Waals surface area contributed by atoms with Crippen LogP contribution in [0.2, 0.25) is 0 Å². The number of rotatable bonds is 2. The number of thiophene rings is 1. The van der Waals surface area contributed by atoms with Crippen molar-refractivity contribution in [3.8, 4) is 0 Å². The molecule has 1 amide bonds. The van der Waals surface area contributed by atoms with Crippen molar-refractivity contribution >= 4 is 27.5 Å². The number of hydrogen-bond acceptors (Lipinski definition) is 5. The van der Waals surface area contributed by atoms with Crippen LogP contribution < -0.4 is 0 Å². The number of nitrogens with zero attached hydrogens (tertiary/aromatic N) is 3. The van der Waals surface area contributed by atoms with Crippen molar-refractivity contribution in [3.05, 3.63) is 23.5 Å². The number of carbonyl (C=O) groups excluding carboxylic acids is 1. The van der Waals surface area contributed by atoms with Crippen LogP contribution in [0, 0.1) is 5.41 Å². The molecule has 3 heterocycles. The zero-order valence-corrected chi connectivity index (χ0v) is 13.2. The lowest BCUT2D eigenvalue weighted by Crippen LogP contribution is -2.53.